The summed E-state index contributed by atoms with van der Waals surface area (Å²) in [5.41, 5.74) is 6.03. The van der Waals surface area contributed by atoms with E-state index in [1.807, 2.05) is 24.3 Å². The van der Waals surface area contributed by atoms with E-state index in [4.69, 9.17) is 4.74 Å². The van der Waals surface area contributed by atoms with Crippen LogP contribution < -0.4 is 4.74 Å². The van der Waals surface area contributed by atoms with Crippen molar-refractivity contribution in [3.63, 3.8) is 0 Å². The highest BCUT2D eigenvalue weighted by Gasteiger charge is 2.21. The molecule has 1 aliphatic rings. The first-order valence-electron chi connectivity index (χ1n) is 12.8. The van der Waals surface area contributed by atoms with Gasteiger partial charge in [-0.05, 0) is 110 Å². The first-order valence-corrected chi connectivity index (χ1v) is 12.8. The molecule has 1 fully saturated rings. The fraction of sp³-hybridized carbons (Fsp3) is 0.333. The van der Waals surface area contributed by atoms with E-state index in [1.165, 1.54) is 48.8 Å². The molecule has 0 amide bonds. The molecule has 174 valence electrons. The van der Waals surface area contributed by atoms with Gasteiger partial charge in [0, 0.05) is 11.1 Å². The zero-order chi connectivity index (χ0) is 23.6. The summed E-state index contributed by atoms with van der Waals surface area (Å²) in [6, 6.07) is 25.8. The third-order valence-electron chi connectivity index (χ3n) is 6.90. The van der Waals surface area contributed by atoms with E-state index in [2.05, 4.69) is 80.0 Å². The lowest BCUT2D eigenvalue weighted by molar-refractivity contribution is 0.312. The van der Waals surface area contributed by atoms with Gasteiger partial charge in [0.2, 0.25) is 0 Å². The second-order valence-corrected chi connectivity index (χ2v) is 9.41. The van der Waals surface area contributed by atoms with E-state index in [0.29, 0.717) is 0 Å². The van der Waals surface area contributed by atoms with Gasteiger partial charge < -0.3 is 4.74 Å². The molecule has 0 N–H and O–H groups in total. The quantitative estimate of drug-likeness (QED) is 0.247. The van der Waals surface area contributed by atoms with Crippen LogP contribution in [0.3, 0.4) is 0 Å². The van der Waals surface area contributed by atoms with Gasteiger partial charge in [-0.25, -0.2) is 0 Å². The molecule has 0 heterocycles. The van der Waals surface area contributed by atoms with Crippen LogP contribution in [0.4, 0.5) is 0 Å². The van der Waals surface area contributed by atoms with E-state index in [1.54, 1.807) is 0 Å². The summed E-state index contributed by atoms with van der Waals surface area (Å²) in [6.45, 7) is 6.72. The summed E-state index contributed by atoms with van der Waals surface area (Å²) in [5.74, 6) is 9.05. The zero-order valence-electron chi connectivity index (χ0n) is 20.4. The summed E-state index contributed by atoms with van der Waals surface area (Å²) in [6.07, 6.45) is 10.9. The summed E-state index contributed by atoms with van der Waals surface area (Å²) in [5, 5.41) is 0. The predicted octanol–water partition coefficient (Wildman–Crippen LogP) is 8.78. The maximum Gasteiger partial charge on any atom is 0.119 e. The van der Waals surface area contributed by atoms with Crippen LogP contribution in [0.2, 0.25) is 0 Å². The van der Waals surface area contributed by atoms with Crippen LogP contribution in [-0.2, 0) is 0 Å². The molecule has 0 aromatic heterocycles. The smallest absolute Gasteiger partial charge is 0.119 e. The molecule has 4 rings (SSSR count). The van der Waals surface area contributed by atoms with Crippen molar-refractivity contribution in [2.24, 2.45) is 5.92 Å². The number of hydrogen-bond donors (Lipinski definition) is 0. The lowest BCUT2D eigenvalue weighted by atomic mass is 9.77. The Morgan fingerprint density at radius 3 is 1.91 bits per heavy atom. The van der Waals surface area contributed by atoms with Gasteiger partial charge in [-0.15, -0.1) is 6.58 Å². The SMILES string of the molecule is C=CCCC1CCC(c2ccc(-c3ccc(C#Cc4ccc(OCCC)cc4)cc3)cc2)CC1. The molecule has 1 nitrogen and oxygen atoms in total. The number of rotatable bonds is 8. The normalized spacial score (nSPS) is 17.4. The summed E-state index contributed by atoms with van der Waals surface area (Å²) >= 11 is 0. The van der Waals surface area contributed by atoms with Crippen LogP contribution in [0.5, 0.6) is 5.75 Å². The molecule has 0 spiro atoms. The lowest BCUT2D eigenvalue weighted by Crippen LogP contribution is -2.13. The lowest BCUT2D eigenvalue weighted by Gasteiger charge is -2.28. The number of benzene rings is 3. The van der Waals surface area contributed by atoms with Crippen LogP contribution in [0.25, 0.3) is 11.1 Å². The van der Waals surface area contributed by atoms with Crippen LogP contribution >= 0.6 is 0 Å². The van der Waals surface area contributed by atoms with Gasteiger partial charge in [0.1, 0.15) is 5.75 Å². The Hall–Kier alpha value is -3.24. The molecule has 34 heavy (non-hydrogen) atoms. The van der Waals surface area contributed by atoms with Crippen molar-refractivity contribution in [1.82, 2.24) is 0 Å². The molecule has 0 saturated heterocycles. The Kier molecular flexibility index (Phi) is 8.64. The number of hydrogen-bond acceptors (Lipinski definition) is 1. The average molecular weight is 449 g/mol. The molecule has 1 heteroatoms. The van der Waals surface area contributed by atoms with Gasteiger partial charge in [-0.2, -0.15) is 0 Å². The van der Waals surface area contributed by atoms with Gasteiger partial charge in [-0.3, -0.25) is 0 Å². The fourth-order valence-corrected chi connectivity index (χ4v) is 4.83. The van der Waals surface area contributed by atoms with Crippen molar-refractivity contribution in [3.8, 4) is 28.7 Å². The van der Waals surface area contributed by atoms with E-state index < -0.39 is 0 Å². The topological polar surface area (TPSA) is 9.23 Å². The van der Waals surface area contributed by atoms with E-state index in [9.17, 15) is 0 Å². The molecule has 1 aliphatic carbocycles. The first kappa shape index (κ1) is 23.9. The molecule has 3 aromatic carbocycles. The Bertz CT molecular complexity index is 1090. The minimum Gasteiger partial charge on any atom is -0.494 e. The first-order chi connectivity index (χ1) is 16.7. The molecule has 0 bridgehead atoms. The molecule has 0 aliphatic heterocycles. The van der Waals surface area contributed by atoms with Crippen molar-refractivity contribution in [3.05, 3.63) is 102 Å². The Labute approximate surface area is 205 Å². The van der Waals surface area contributed by atoms with E-state index >= 15 is 0 Å². The van der Waals surface area contributed by atoms with Gasteiger partial charge in [0.25, 0.3) is 0 Å². The Balaban J connectivity index is 1.33. The van der Waals surface area contributed by atoms with Gasteiger partial charge in [-0.1, -0.05) is 61.2 Å². The van der Waals surface area contributed by atoms with Crippen molar-refractivity contribution in [1.29, 1.82) is 0 Å². The molecule has 0 atom stereocenters. The number of ether oxygens (including phenoxy) is 1. The second-order valence-electron chi connectivity index (χ2n) is 9.41. The minimum absolute atomic E-state index is 0.721. The summed E-state index contributed by atoms with van der Waals surface area (Å²) in [7, 11) is 0. The maximum atomic E-state index is 5.64. The van der Waals surface area contributed by atoms with Crippen LogP contribution in [0.15, 0.2) is 85.5 Å². The Morgan fingerprint density at radius 2 is 1.35 bits per heavy atom. The highest BCUT2D eigenvalue weighted by atomic mass is 16.5. The monoisotopic (exact) mass is 448 g/mol. The van der Waals surface area contributed by atoms with Gasteiger partial charge >= 0.3 is 0 Å². The van der Waals surface area contributed by atoms with Crippen molar-refractivity contribution < 1.29 is 4.74 Å². The third-order valence-corrected chi connectivity index (χ3v) is 6.90. The predicted molar refractivity (Wildman–Crippen MR) is 144 cm³/mol. The minimum atomic E-state index is 0.721. The Morgan fingerprint density at radius 1 is 0.794 bits per heavy atom. The zero-order valence-corrected chi connectivity index (χ0v) is 20.4. The van der Waals surface area contributed by atoms with Gasteiger partial charge in [0.15, 0.2) is 0 Å². The maximum absolute atomic E-state index is 5.64. The van der Waals surface area contributed by atoms with E-state index in [0.717, 1.165) is 48.2 Å². The molecule has 3 aromatic rings. The van der Waals surface area contributed by atoms with Crippen molar-refractivity contribution >= 4 is 0 Å². The van der Waals surface area contributed by atoms with Crippen LogP contribution in [0.1, 0.15) is 74.5 Å². The molecular formula is C33H36O. The highest BCUT2D eigenvalue weighted by molar-refractivity contribution is 5.65. The van der Waals surface area contributed by atoms with Crippen LogP contribution in [-0.4, -0.2) is 6.61 Å². The summed E-state index contributed by atoms with van der Waals surface area (Å²) in [4.78, 5) is 0. The van der Waals surface area contributed by atoms with Gasteiger partial charge in [0.05, 0.1) is 6.61 Å². The van der Waals surface area contributed by atoms with E-state index in [-0.39, 0.29) is 0 Å². The molecule has 0 unspecified atom stereocenters. The molecule has 0 radical (unpaired) electrons. The van der Waals surface area contributed by atoms with Crippen molar-refractivity contribution in [2.75, 3.05) is 6.61 Å². The average Bonchev–Trinajstić information content (AvgIpc) is 2.91. The largest absolute Gasteiger partial charge is 0.494 e. The number of allylic oxidation sites excluding steroid dienone is 1. The third kappa shape index (κ3) is 6.64. The molecule has 1 saturated carbocycles. The fourth-order valence-electron chi connectivity index (χ4n) is 4.83. The van der Waals surface area contributed by atoms with Crippen molar-refractivity contribution in [2.45, 2.75) is 57.8 Å². The summed E-state index contributed by atoms with van der Waals surface area (Å²) < 4.78 is 5.64. The highest BCUT2D eigenvalue weighted by Crippen LogP contribution is 2.38. The molecular weight excluding hydrogens is 412 g/mol. The standard InChI is InChI=1S/C33H36O/c1-3-5-6-26-9-15-29(16-10-26)31-19-21-32(22-20-31)30-17-11-27(12-18-30)7-8-28-13-23-33(24-14-28)34-25-4-2/h3,11-14,17-24,26,29H,1,4-6,9-10,15-16,25H2,2H3. The second kappa shape index (κ2) is 12.3. The van der Waals surface area contributed by atoms with Crippen LogP contribution in [0, 0.1) is 17.8 Å².